The number of fused-ring (bicyclic) bond motifs is 2. The van der Waals surface area contributed by atoms with Crippen molar-refractivity contribution in [3.63, 3.8) is 0 Å². The topological polar surface area (TPSA) is 12.0 Å². The fourth-order valence-corrected chi connectivity index (χ4v) is 3.18. The molecule has 1 saturated heterocycles. The minimum absolute atomic E-state index is 0.286. The Kier molecular flexibility index (Phi) is 1.23. The summed E-state index contributed by atoms with van der Waals surface area (Å²) >= 11 is 5.28. The summed E-state index contributed by atoms with van der Waals surface area (Å²) in [6, 6.07) is 0. The lowest BCUT2D eigenvalue weighted by Crippen LogP contribution is -2.45. The largest absolute Gasteiger partial charge is 0.374 e. The first-order chi connectivity index (χ1) is 4.97. The van der Waals surface area contributed by atoms with Crippen LogP contribution in [0, 0.1) is 11.3 Å². The maximum absolute atomic E-state index is 5.28. The van der Waals surface area contributed by atoms with Gasteiger partial charge in [-0.05, 0) is 25.2 Å². The summed E-state index contributed by atoms with van der Waals surface area (Å²) in [6.45, 7) is 6.96. The second-order valence-electron chi connectivity index (χ2n) is 4.63. The monoisotopic (exact) mass is 169 g/mol. The first kappa shape index (κ1) is 7.53. The summed E-state index contributed by atoms with van der Waals surface area (Å²) < 4.78 is 0. The fraction of sp³-hybridized carbons (Fsp3) is 0.889. The molecule has 0 aromatic carbocycles. The van der Waals surface area contributed by atoms with Gasteiger partial charge in [-0.3, -0.25) is 0 Å². The average molecular weight is 169 g/mol. The van der Waals surface area contributed by atoms with Gasteiger partial charge in [0.05, 0.1) is 4.99 Å². The van der Waals surface area contributed by atoms with E-state index in [4.69, 9.17) is 12.2 Å². The molecule has 1 N–H and O–H groups in total. The third-order valence-corrected chi connectivity index (χ3v) is 4.33. The van der Waals surface area contributed by atoms with Crippen LogP contribution in [-0.2, 0) is 0 Å². The van der Waals surface area contributed by atoms with Crippen LogP contribution in [0.25, 0.3) is 0 Å². The number of piperidine rings is 1. The Labute approximate surface area is 73.6 Å². The molecule has 1 nitrogen and oxygen atoms in total. The quantitative estimate of drug-likeness (QED) is 0.557. The minimum atomic E-state index is 0.286. The highest BCUT2D eigenvalue weighted by Gasteiger charge is 2.58. The summed E-state index contributed by atoms with van der Waals surface area (Å²) in [5.41, 5.74) is 0.666. The summed E-state index contributed by atoms with van der Waals surface area (Å²) in [6.07, 6.45) is 2.57. The molecule has 2 fully saturated rings. The molecule has 2 atom stereocenters. The second-order valence-corrected chi connectivity index (χ2v) is 5.07. The Balaban J connectivity index is 2.45. The van der Waals surface area contributed by atoms with Crippen LogP contribution in [-0.4, -0.2) is 10.5 Å². The first-order valence-corrected chi connectivity index (χ1v) is 4.70. The van der Waals surface area contributed by atoms with Crippen molar-refractivity contribution in [2.45, 2.75) is 39.2 Å². The van der Waals surface area contributed by atoms with Crippen molar-refractivity contribution in [3.8, 4) is 0 Å². The van der Waals surface area contributed by atoms with Crippen LogP contribution in [0.5, 0.6) is 0 Å². The molecular weight excluding hydrogens is 154 g/mol. The van der Waals surface area contributed by atoms with E-state index in [-0.39, 0.29) is 5.54 Å². The number of hydrogen-bond acceptors (Lipinski definition) is 1. The highest BCUT2D eigenvalue weighted by Crippen LogP contribution is 2.54. The van der Waals surface area contributed by atoms with Gasteiger partial charge in [0.1, 0.15) is 0 Å². The van der Waals surface area contributed by atoms with E-state index in [0.29, 0.717) is 11.3 Å². The lowest BCUT2D eigenvalue weighted by molar-refractivity contribution is 0.218. The van der Waals surface area contributed by atoms with Gasteiger partial charge in [-0.25, -0.2) is 0 Å². The van der Waals surface area contributed by atoms with E-state index in [1.54, 1.807) is 0 Å². The van der Waals surface area contributed by atoms with Crippen molar-refractivity contribution < 1.29 is 0 Å². The maximum Gasteiger partial charge on any atom is 0.0795 e. The SMILES string of the molecule is CC1(C)[C@@H]2CC[C@@]1(C)NC2=S. The van der Waals surface area contributed by atoms with Gasteiger partial charge in [-0.2, -0.15) is 0 Å². The molecular formula is C9H15NS. The lowest BCUT2D eigenvalue weighted by atomic mass is 9.75. The van der Waals surface area contributed by atoms with E-state index in [9.17, 15) is 0 Å². The highest BCUT2D eigenvalue weighted by atomic mass is 32.1. The van der Waals surface area contributed by atoms with Crippen molar-refractivity contribution >= 4 is 17.2 Å². The number of nitrogens with one attached hydrogen (secondary N) is 1. The molecule has 0 amide bonds. The first-order valence-electron chi connectivity index (χ1n) is 4.29. The molecule has 1 aliphatic carbocycles. The van der Waals surface area contributed by atoms with Crippen LogP contribution in [0.2, 0.25) is 0 Å². The van der Waals surface area contributed by atoms with Crippen LogP contribution in [0.1, 0.15) is 33.6 Å². The Hall–Kier alpha value is -0.110. The molecule has 0 radical (unpaired) electrons. The zero-order valence-electron chi connectivity index (χ0n) is 7.40. The summed E-state index contributed by atoms with van der Waals surface area (Å²) in [7, 11) is 0. The van der Waals surface area contributed by atoms with Gasteiger partial charge < -0.3 is 5.32 Å². The zero-order chi connectivity index (χ0) is 8.28. The smallest absolute Gasteiger partial charge is 0.0795 e. The maximum atomic E-state index is 5.28. The van der Waals surface area contributed by atoms with E-state index in [1.807, 2.05) is 0 Å². The number of thiocarbonyl (C=S) groups is 1. The Bertz CT molecular complexity index is 219. The zero-order valence-corrected chi connectivity index (χ0v) is 8.22. The van der Waals surface area contributed by atoms with Crippen LogP contribution in [0.15, 0.2) is 0 Å². The summed E-state index contributed by atoms with van der Waals surface area (Å²) in [5, 5.41) is 3.45. The molecule has 1 saturated carbocycles. The van der Waals surface area contributed by atoms with Crippen molar-refractivity contribution in [3.05, 3.63) is 0 Å². The number of rotatable bonds is 0. The molecule has 2 bridgehead atoms. The normalized spacial score (nSPS) is 46.1. The van der Waals surface area contributed by atoms with E-state index < -0.39 is 0 Å². The van der Waals surface area contributed by atoms with E-state index in [1.165, 1.54) is 12.8 Å². The molecule has 0 spiro atoms. The number of hydrogen-bond donors (Lipinski definition) is 1. The van der Waals surface area contributed by atoms with E-state index >= 15 is 0 Å². The van der Waals surface area contributed by atoms with Gasteiger partial charge in [-0.1, -0.05) is 26.1 Å². The van der Waals surface area contributed by atoms with Gasteiger partial charge in [0.25, 0.3) is 0 Å². The third kappa shape index (κ3) is 0.689. The Morgan fingerprint density at radius 2 is 2.09 bits per heavy atom. The predicted molar refractivity (Wildman–Crippen MR) is 50.6 cm³/mol. The van der Waals surface area contributed by atoms with Gasteiger partial charge in [0.15, 0.2) is 0 Å². The molecule has 1 aliphatic heterocycles. The van der Waals surface area contributed by atoms with Gasteiger partial charge in [0.2, 0.25) is 0 Å². The second kappa shape index (κ2) is 1.79. The van der Waals surface area contributed by atoms with Crippen LogP contribution >= 0.6 is 12.2 Å². The minimum Gasteiger partial charge on any atom is -0.374 e. The Morgan fingerprint density at radius 3 is 2.27 bits per heavy atom. The molecule has 0 unspecified atom stereocenters. The van der Waals surface area contributed by atoms with Gasteiger partial charge in [-0.15, -0.1) is 0 Å². The Morgan fingerprint density at radius 1 is 1.45 bits per heavy atom. The average Bonchev–Trinajstić information content (AvgIpc) is 2.13. The van der Waals surface area contributed by atoms with Crippen molar-refractivity contribution in [2.75, 3.05) is 0 Å². The van der Waals surface area contributed by atoms with Crippen molar-refractivity contribution in [2.24, 2.45) is 11.3 Å². The molecule has 0 aromatic heterocycles. The van der Waals surface area contributed by atoms with Crippen molar-refractivity contribution in [1.29, 1.82) is 0 Å². The van der Waals surface area contributed by atoms with Crippen molar-refractivity contribution in [1.82, 2.24) is 5.32 Å². The molecule has 62 valence electrons. The van der Waals surface area contributed by atoms with Crippen LogP contribution in [0.4, 0.5) is 0 Å². The van der Waals surface area contributed by atoms with Crippen LogP contribution in [0.3, 0.4) is 0 Å². The molecule has 0 aromatic rings. The standard InChI is InChI=1S/C9H15NS/c1-8(2)6-4-5-9(8,3)10-7(6)11/h6H,4-5H2,1-3H3,(H,10,11)/t6-,9-/m1/s1. The highest BCUT2D eigenvalue weighted by molar-refractivity contribution is 7.80. The predicted octanol–water partition coefficient (Wildman–Crippen LogP) is 2.11. The van der Waals surface area contributed by atoms with E-state index in [2.05, 4.69) is 26.1 Å². The summed E-state index contributed by atoms with van der Waals surface area (Å²) in [5.74, 6) is 0.641. The lowest BCUT2D eigenvalue weighted by Gasteiger charge is -2.33. The van der Waals surface area contributed by atoms with E-state index in [0.717, 1.165) is 4.99 Å². The van der Waals surface area contributed by atoms with Crippen LogP contribution < -0.4 is 5.32 Å². The fourth-order valence-electron chi connectivity index (χ4n) is 2.54. The molecule has 1 heterocycles. The van der Waals surface area contributed by atoms with Gasteiger partial charge in [0, 0.05) is 11.5 Å². The third-order valence-electron chi connectivity index (χ3n) is 3.94. The molecule has 11 heavy (non-hydrogen) atoms. The molecule has 2 rings (SSSR count). The summed E-state index contributed by atoms with van der Waals surface area (Å²) in [4.78, 5) is 1.10. The molecule has 2 aliphatic rings. The van der Waals surface area contributed by atoms with Gasteiger partial charge >= 0.3 is 0 Å². The molecule has 2 heteroatoms.